The number of carbonyl (C=O) groups is 2. The molecule has 0 aliphatic carbocycles. The third-order valence-electron chi connectivity index (χ3n) is 3.83. The molecule has 1 atom stereocenters. The number of anilines is 1. The van der Waals surface area contributed by atoms with Gasteiger partial charge in [0.1, 0.15) is 6.04 Å². The van der Waals surface area contributed by atoms with Crippen LogP contribution in [0.15, 0.2) is 29.2 Å². The molecule has 0 spiro atoms. The van der Waals surface area contributed by atoms with E-state index >= 15 is 0 Å². The highest BCUT2D eigenvalue weighted by Crippen LogP contribution is 2.19. The van der Waals surface area contributed by atoms with Crippen molar-refractivity contribution in [3.63, 3.8) is 0 Å². The Morgan fingerprint density at radius 1 is 1.04 bits per heavy atom. The standard InChI is InChI=1S/C17H27N3O4S/c1-11(2)16(18-13(5)21)17(22)19-14-7-9-15(10-8-14)25(23,24)20(6)12(3)4/h7-12,16H,1-6H3,(H,18,21)(H,19,22). The summed E-state index contributed by atoms with van der Waals surface area (Å²) in [4.78, 5) is 23.7. The van der Waals surface area contributed by atoms with Crippen molar-refractivity contribution in [1.29, 1.82) is 0 Å². The first-order valence-corrected chi connectivity index (χ1v) is 9.57. The molecule has 2 N–H and O–H groups in total. The number of nitrogens with zero attached hydrogens (tertiary/aromatic N) is 1. The SMILES string of the molecule is CC(=O)NC(C(=O)Nc1ccc(S(=O)(=O)N(C)C(C)C)cc1)C(C)C. The van der Waals surface area contributed by atoms with Crippen LogP contribution in [-0.4, -0.2) is 43.7 Å². The van der Waals surface area contributed by atoms with Crippen LogP contribution in [0.3, 0.4) is 0 Å². The number of carbonyl (C=O) groups excluding carboxylic acids is 2. The van der Waals surface area contributed by atoms with Crippen molar-refractivity contribution in [2.45, 2.75) is 51.6 Å². The smallest absolute Gasteiger partial charge is 0.247 e. The Morgan fingerprint density at radius 3 is 1.96 bits per heavy atom. The van der Waals surface area contributed by atoms with E-state index in [-0.39, 0.29) is 28.7 Å². The van der Waals surface area contributed by atoms with Crippen LogP contribution in [-0.2, 0) is 19.6 Å². The first kappa shape index (κ1) is 21.1. The Balaban J connectivity index is 2.93. The largest absolute Gasteiger partial charge is 0.344 e. The molecule has 0 fully saturated rings. The Kier molecular flexibility index (Phi) is 7.13. The number of amides is 2. The lowest BCUT2D eigenvalue weighted by Gasteiger charge is -2.22. The Bertz CT molecular complexity index is 712. The van der Waals surface area contributed by atoms with Gasteiger partial charge in [-0.05, 0) is 44.0 Å². The summed E-state index contributed by atoms with van der Waals surface area (Å²) in [6.45, 7) is 8.60. The Hall–Kier alpha value is -1.93. The van der Waals surface area contributed by atoms with Crippen molar-refractivity contribution in [2.24, 2.45) is 5.92 Å². The van der Waals surface area contributed by atoms with E-state index in [0.717, 1.165) is 0 Å². The lowest BCUT2D eigenvalue weighted by molar-refractivity contribution is -0.126. The van der Waals surface area contributed by atoms with Crippen LogP contribution in [0.2, 0.25) is 0 Å². The number of rotatable bonds is 7. The summed E-state index contributed by atoms with van der Waals surface area (Å²) in [6.07, 6.45) is 0. The van der Waals surface area contributed by atoms with Gasteiger partial charge >= 0.3 is 0 Å². The molecule has 0 saturated heterocycles. The van der Waals surface area contributed by atoms with E-state index in [1.165, 1.54) is 42.5 Å². The molecule has 140 valence electrons. The van der Waals surface area contributed by atoms with Gasteiger partial charge in [-0.1, -0.05) is 13.8 Å². The summed E-state index contributed by atoms with van der Waals surface area (Å²) >= 11 is 0. The van der Waals surface area contributed by atoms with E-state index in [2.05, 4.69) is 10.6 Å². The summed E-state index contributed by atoms with van der Waals surface area (Å²) in [5.41, 5.74) is 0.465. The van der Waals surface area contributed by atoms with Crippen LogP contribution in [0.25, 0.3) is 0 Å². The molecule has 8 heteroatoms. The highest BCUT2D eigenvalue weighted by Gasteiger charge is 2.24. The minimum atomic E-state index is -3.57. The predicted octanol–water partition coefficient (Wildman–Crippen LogP) is 1.81. The van der Waals surface area contributed by atoms with Crippen LogP contribution in [0.5, 0.6) is 0 Å². The zero-order chi connectivity index (χ0) is 19.4. The third kappa shape index (κ3) is 5.54. The van der Waals surface area contributed by atoms with Gasteiger partial charge in [0.25, 0.3) is 0 Å². The van der Waals surface area contributed by atoms with Crippen molar-refractivity contribution >= 4 is 27.5 Å². The molecule has 0 heterocycles. The van der Waals surface area contributed by atoms with Crippen molar-refractivity contribution in [1.82, 2.24) is 9.62 Å². The quantitative estimate of drug-likeness (QED) is 0.766. The van der Waals surface area contributed by atoms with Gasteiger partial charge in [-0.3, -0.25) is 9.59 Å². The van der Waals surface area contributed by atoms with Crippen LogP contribution in [0.1, 0.15) is 34.6 Å². The second-order valence-corrected chi connectivity index (χ2v) is 8.55. The average molecular weight is 369 g/mol. The summed E-state index contributed by atoms with van der Waals surface area (Å²) in [6, 6.07) is 5.15. The fourth-order valence-electron chi connectivity index (χ4n) is 2.13. The molecule has 0 saturated carbocycles. The summed E-state index contributed by atoms with van der Waals surface area (Å²) < 4.78 is 26.1. The molecule has 1 aromatic carbocycles. The van der Waals surface area contributed by atoms with Crippen molar-refractivity contribution in [2.75, 3.05) is 12.4 Å². The molecule has 2 amide bonds. The maximum atomic E-state index is 12.4. The first-order valence-electron chi connectivity index (χ1n) is 8.13. The molecule has 0 aliphatic heterocycles. The van der Waals surface area contributed by atoms with Gasteiger partial charge in [-0.15, -0.1) is 0 Å². The summed E-state index contributed by atoms with van der Waals surface area (Å²) in [7, 11) is -2.04. The molecule has 0 radical (unpaired) electrons. The maximum Gasteiger partial charge on any atom is 0.247 e. The lowest BCUT2D eigenvalue weighted by atomic mass is 10.0. The average Bonchev–Trinajstić information content (AvgIpc) is 2.51. The molecule has 0 bridgehead atoms. The summed E-state index contributed by atoms with van der Waals surface area (Å²) in [5, 5.41) is 5.31. The molecule has 0 aliphatic rings. The third-order valence-corrected chi connectivity index (χ3v) is 5.88. The van der Waals surface area contributed by atoms with Gasteiger partial charge < -0.3 is 10.6 Å². The zero-order valence-corrected chi connectivity index (χ0v) is 16.3. The van der Waals surface area contributed by atoms with Crippen LogP contribution >= 0.6 is 0 Å². The van der Waals surface area contributed by atoms with E-state index in [4.69, 9.17) is 0 Å². The van der Waals surface area contributed by atoms with Crippen molar-refractivity contribution < 1.29 is 18.0 Å². The predicted molar refractivity (Wildman–Crippen MR) is 97.6 cm³/mol. The van der Waals surface area contributed by atoms with Crippen LogP contribution < -0.4 is 10.6 Å². The second-order valence-electron chi connectivity index (χ2n) is 6.55. The van der Waals surface area contributed by atoms with Crippen LogP contribution in [0.4, 0.5) is 5.69 Å². The van der Waals surface area contributed by atoms with Gasteiger partial charge in [0.2, 0.25) is 21.8 Å². The topological polar surface area (TPSA) is 95.6 Å². The minimum Gasteiger partial charge on any atom is -0.344 e. The number of benzene rings is 1. The van der Waals surface area contributed by atoms with Crippen molar-refractivity contribution in [3.05, 3.63) is 24.3 Å². The van der Waals surface area contributed by atoms with Gasteiger partial charge in [0.05, 0.1) is 4.90 Å². The molecule has 25 heavy (non-hydrogen) atoms. The van der Waals surface area contributed by atoms with Gasteiger partial charge in [0, 0.05) is 25.7 Å². The molecule has 1 unspecified atom stereocenters. The fourth-order valence-corrected chi connectivity index (χ4v) is 3.50. The summed E-state index contributed by atoms with van der Waals surface area (Å²) in [5.74, 6) is -0.713. The normalized spacial score (nSPS) is 13.2. The number of sulfonamides is 1. The Labute approximate surface area is 149 Å². The first-order chi connectivity index (χ1) is 11.5. The molecule has 7 nitrogen and oxygen atoms in total. The highest BCUT2D eigenvalue weighted by molar-refractivity contribution is 7.89. The van der Waals surface area contributed by atoms with E-state index in [1.807, 2.05) is 13.8 Å². The zero-order valence-electron chi connectivity index (χ0n) is 15.5. The maximum absolute atomic E-state index is 12.4. The number of hydrogen-bond donors (Lipinski definition) is 2. The second kappa shape index (κ2) is 8.44. The van der Waals surface area contributed by atoms with E-state index in [1.54, 1.807) is 13.8 Å². The fraction of sp³-hybridized carbons (Fsp3) is 0.529. The molecular weight excluding hydrogens is 342 g/mol. The van der Waals surface area contributed by atoms with Crippen molar-refractivity contribution in [3.8, 4) is 0 Å². The number of hydrogen-bond acceptors (Lipinski definition) is 4. The van der Waals surface area contributed by atoms with E-state index < -0.39 is 16.1 Å². The van der Waals surface area contributed by atoms with Crippen LogP contribution in [0, 0.1) is 5.92 Å². The van der Waals surface area contributed by atoms with E-state index in [9.17, 15) is 18.0 Å². The van der Waals surface area contributed by atoms with E-state index in [0.29, 0.717) is 5.69 Å². The lowest BCUT2D eigenvalue weighted by Crippen LogP contribution is -2.46. The van der Waals surface area contributed by atoms with Gasteiger partial charge in [-0.25, -0.2) is 8.42 Å². The highest BCUT2D eigenvalue weighted by atomic mass is 32.2. The van der Waals surface area contributed by atoms with Gasteiger partial charge in [0.15, 0.2) is 0 Å². The number of nitrogens with one attached hydrogen (secondary N) is 2. The molecule has 1 aromatic rings. The Morgan fingerprint density at radius 2 is 1.56 bits per heavy atom. The van der Waals surface area contributed by atoms with Gasteiger partial charge in [-0.2, -0.15) is 4.31 Å². The minimum absolute atomic E-state index is 0.0803. The molecule has 0 aromatic heterocycles. The molecule has 1 rings (SSSR count). The monoisotopic (exact) mass is 369 g/mol. The molecular formula is C17H27N3O4S.